The van der Waals surface area contributed by atoms with Crippen molar-refractivity contribution in [2.24, 2.45) is 23.0 Å². The normalized spacial score (nSPS) is 35.2. The van der Waals surface area contributed by atoms with Crippen LogP contribution in [0.5, 0.6) is 0 Å². The van der Waals surface area contributed by atoms with Crippen LogP contribution in [0.25, 0.3) is 0 Å². The van der Waals surface area contributed by atoms with Crippen molar-refractivity contribution in [2.45, 2.75) is 71.3 Å². The Hall–Kier alpha value is -0.0400. The van der Waals surface area contributed by atoms with Gasteiger partial charge in [-0.2, -0.15) is 0 Å². The van der Waals surface area contributed by atoms with Crippen molar-refractivity contribution >= 4 is 0 Å². The number of hydrogen-bond donors (Lipinski definition) is 1. The summed E-state index contributed by atoms with van der Waals surface area (Å²) in [5.41, 5.74) is 6.95. The van der Waals surface area contributed by atoms with Crippen LogP contribution in [0.2, 0.25) is 0 Å². The summed E-state index contributed by atoms with van der Waals surface area (Å²) in [5, 5.41) is 0. The molecule has 2 saturated carbocycles. The highest BCUT2D eigenvalue weighted by Crippen LogP contribution is 2.62. The van der Waals surface area contributed by atoms with Crippen molar-refractivity contribution in [1.29, 1.82) is 0 Å². The van der Waals surface area contributed by atoms with Gasteiger partial charge in [-0.05, 0) is 56.8 Å². The molecule has 0 aliphatic heterocycles. The average Bonchev–Trinajstić information content (AvgIpc) is 2.98. The summed E-state index contributed by atoms with van der Waals surface area (Å²) in [6, 6.07) is 0. The molecule has 0 aromatic carbocycles. The average molecular weight is 209 g/mol. The summed E-state index contributed by atoms with van der Waals surface area (Å²) in [7, 11) is 0. The maximum absolute atomic E-state index is 6.37. The molecular weight excluding hydrogens is 182 g/mol. The van der Waals surface area contributed by atoms with Gasteiger partial charge in [0.1, 0.15) is 0 Å². The molecule has 0 atom stereocenters. The third-order valence-corrected chi connectivity index (χ3v) is 5.28. The molecule has 2 rings (SSSR count). The van der Waals surface area contributed by atoms with E-state index in [1.54, 1.807) is 0 Å². The van der Waals surface area contributed by atoms with Crippen LogP contribution in [0.3, 0.4) is 0 Å². The largest absolute Gasteiger partial charge is 0.325 e. The highest BCUT2D eigenvalue weighted by atomic mass is 14.8. The zero-order valence-corrected chi connectivity index (χ0v) is 10.7. The van der Waals surface area contributed by atoms with E-state index in [1.165, 1.54) is 44.9 Å². The molecule has 2 aliphatic rings. The number of rotatable bonds is 3. The molecule has 2 aliphatic carbocycles. The first-order chi connectivity index (χ1) is 6.99. The van der Waals surface area contributed by atoms with Crippen molar-refractivity contribution in [3.63, 3.8) is 0 Å². The molecule has 0 spiro atoms. The molecule has 0 aromatic rings. The van der Waals surface area contributed by atoms with Crippen molar-refractivity contribution in [3.8, 4) is 0 Å². The van der Waals surface area contributed by atoms with E-state index in [0.717, 1.165) is 11.8 Å². The summed E-state index contributed by atoms with van der Waals surface area (Å²) < 4.78 is 0. The van der Waals surface area contributed by atoms with E-state index in [1.807, 2.05) is 0 Å². The molecule has 1 nitrogen and oxygen atoms in total. The third-order valence-electron chi connectivity index (χ3n) is 5.28. The standard InChI is InChI=1S/C14H27N/c1-4-11-5-7-12(8-6-11)14(9-10-14)13(2,3)15/h11-12H,4-10,15H2,1-3H3. The Kier molecular flexibility index (Phi) is 2.87. The van der Waals surface area contributed by atoms with E-state index < -0.39 is 0 Å². The van der Waals surface area contributed by atoms with Crippen LogP contribution in [0.15, 0.2) is 0 Å². The zero-order valence-electron chi connectivity index (χ0n) is 10.7. The Labute approximate surface area is 94.8 Å². The molecule has 0 aromatic heterocycles. The van der Waals surface area contributed by atoms with E-state index in [2.05, 4.69) is 20.8 Å². The Morgan fingerprint density at radius 2 is 1.67 bits per heavy atom. The molecule has 1 heteroatoms. The van der Waals surface area contributed by atoms with E-state index in [9.17, 15) is 0 Å². The quantitative estimate of drug-likeness (QED) is 0.753. The van der Waals surface area contributed by atoms with Crippen LogP contribution >= 0.6 is 0 Å². The lowest BCUT2D eigenvalue weighted by Gasteiger charge is -2.41. The topological polar surface area (TPSA) is 26.0 Å². The molecule has 15 heavy (non-hydrogen) atoms. The van der Waals surface area contributed by atoms with Gasteiger partial charge in [-0.25, -0.2) is 0 Å². The molecule has 0 radical (unpaired) electrons. The minimum atomic E-state index is 0.0523. The second kappa shape index (κ2) is 3.76. The lowest BCUT2D eigenvalue weighted by Crippen LogP contribution is -2.47. The first-order valence-corrected chi connectivity index (χ1v) is 6.78. The molecule has 0 bridgehead atoms. The van der Waals surface area contributed by atoms with Gasteiger partial charge in [-0.3, -0.25) is 0 Å². The van der Waals surface area contributed by atoms with Gasteiger partial charge in [0.25, 0.3) is 0 Å². The van der Waals surface area contributed by atoms with E-state index in [-0.39, 0.29) is 5.54 Å². The minimum absolute atomic E-state index is 0.0523. The second-order valence-corrected chi connectivity index (χ2v) is 6.50. The molecular formula is C14H27N. The number of hydrogen-bond acceptors (Lipinski definition) is 1. The molecule has 2 fully saturated rings. The summed E-state index contributed by atoms with van der Waals surface area (Å²) >= 11 is 0. The molecule has 0 amide bonds. The van der Waals surface area contributed by atoms with Crippen LogP contribution in [0.1, 0.15) is 65.7 Å². The van der Waals surface area contributed by atoms with Gasteiger partial charge in [0.05, 0.1) is 0 Å². The van der Waals surface area contributed by atoms with Crippen LogP contribution in [-0.2, 0) is 0 Å². The maximum atomic E-state index is 6.37. The molecule has 88 valence electrons. The summed E-state index contributed by atoms with van der Waals surface area (Å²) in [6.07, 6.45) is 9.96. The second-order valence-electron chi connectivity index (χ2n) is 6.50. The molecule has 0 unspecified atom stereocenters. The van der Waals surface area contributed by atoms with Gasteiger partial charge in [0.2, 0.25) is 0 Å². The zero-order chi connectivity index (χ0) is 11.1. The highest BCUT2D eigenvalue weighted by molar-refractivity contribution is 5.10. The maximum Gasteiger partial charge on any atom is 0.0156 e. The van der Waals surface area contributed by atoms with Crippen molar-refractivity contribution in [2.75, 3.05) is 0 Å². The SMILES string of the molecule is CCC1CCC(C2(C(C)(C)N)CC2)CC1. The van der Waals surface area contributed by atoms with Gasteiger partial charge in [0, 0.05) is 5.54 Å². The lowest BCUT2D eigenvalue weighted by molar-refractivity contribution is 0.124. The Balaban J connectivity index is 1.96. The highest BCUT2D eigenvalue weighted by Gasteiger charge is 2.57. The molecule has 0 heterocycles. The fraction of sp³-hybridized carbons (Fsp3) is 1.00. The van der Waals surface area contributed by atoms with Crippen molar-refractivity contribution < 1.29 is 0 Å². The first kappa shape index (κ1) is 11.4. The van der Waals surface area contributed by atoms with E-state index >= 15 is 0 Å². The Morgan fingerprint density at radius 3 is 2.00 bits per heavy atom. The molecule has 2 N–H and O–H groups in total. The van der Waals surface area contributed by atoms with E-state index in [4.69, 9.17) is 5.73 Å². The molecule has 0 saturated heterocycles. The van der Waals surface area contributed by atoms with Crippen molar-refractivity contribution in [1.82, 2.24) is 0 Å². The predicted molar refractivity (Wildman–Crippen MR) is 65.7 cm³/mol. The number of nitrogens with two attached hydrogens (primary N) is 1. The minimum Gasteiger partial charge on any atom is -0.325 e. The monoisotopic (exact) mass is 209 g/mol. The van der Waals surface area contributed by atoms with Crippen LogP contribution in [0.4, 0.5) is 0 Å². The Morgan fingerprint density at radius 1 is 1.13 bits per heavy atom. The fourth-order valence-electron chi connectivity index (χ4n) is 3.84. The van der Waals surface area contributed by atoms with Crippen molar-refractivity contribution in [3.05, 3.63) is 0 Å². The third kappa shape index (κ3) is 1.95. The van der Waals surface area contributed by atoms with Gasteiger partial charge >= 0.3 is 0 Å². The predicted octanol–water partition coefficient (Wildman–Crippen LogP) is 3.72. The van der Waals surface area contributed by atoms with E-state index in [0.29, 0.717) is 5.41 Å². The summed E-state index contributed by atoms with van der Waals surface area (Å²) in [6.45, 7) is 6.82. The first-order valence-electron chi connectivity index (χ1n) is 6.78. The fourth-order valence-corrected chi connectivity index (χ4v) is 3.84. The van der Waals surface area contributed by atoms with Crippen LogP contribution in [0, 0.1) is 17.3 Å². The van der Waals surface area contributed by atoms with Gasteiger partial charge in [-0.1, -0.05) is 26.2 Å². The smallest absolute Gasteiger partial charge is 0.0156 e. The summed E-state index contributed by atoms with van der Waals surface area (Å²) in [4.78, 5) is 0. The van der Waals surface area contributed by atoms with Gasteiger partial charge in [0.15, 0.2) is 0 Å². The van der Waals surface area contributed by atoms with Gasteiger partial charge in [-0.15, -0.1) is 0 Å². The Bertz CT molecular complexity index is 214. The van der Waals surface area contributed by atoms with Gasteiger partial charge < -0.3 is 5.73 Å². The van der Waals surface area contributed by atoms with Crippen LogP contribution < -0.4 is 5.73 Å². The summed E-state index contributed by atoms with van der Waals surface area (Å²) in [5.74, 6) is 1.94. The van der Waals surface area contributed by atoms with Crippen LogP contribution in [-0.4, -0.2) is 5.54 Å². The lowest BCUT2D eigenvalue weighted by atomic mass is 9.67.